The standard InChI is InChI=1S/C18H18O2/c1-2-20-17(19)18(15-11-7-4-8-12-15)13-16(18)14-9-5-3-6-10-14/h3-12,16H,2,13H2,1H3/t16?,18-/m0/s1. The summed E-state index contributed by atoms with van der Waals surface area (Å²) in [5.74, 6) is 0.130. The summed E-state index contributed by atoms with van der Waals surface area (Å²) in [4.78, 5) is 12.5. The van der Waals surface area contributed by atoms with E-state index in [0.29, 0.717) is 6.61 Å². The molecular formula is C18H18O2. The van der Waals surface area contributed by atoms with Crippen molar-refractivity contribution in [2.24, 2.45) is 0 Å². The van der Waals surface area contributed by atoms with Gasteiger partial charge in [-0.3, -0.25) is 4.79 Å². The number of hydrogen-bond acceptors (Lipinski definition) is 2. The fourth-order valence-corrected chi connectivity index (χ4v) is 3.01. The Kier molecular flexibility index (Phi) is 3.31. The highest BCUT2D eigenvalue weighted by molar-refractivity contribution is 5.89. The minimum atomic E-state index is -0.487. The molecule has 0 N–H and O–H groups in total. The van der Waals surface area contributed by atoms with Crippen molar-refractivity contribution in [3.8, 4) is 0 Å². The molecule has 2 atom stereocenters. The van der Waals surface area contributed by atoms with E-state index in [1.807, 2.05) is 55.5 Å². The molecular weight excluding hydrogens is 248 g/mol. The van der Waals surface area contributed by atoms with Gasteiger partial charge in [0.25, 0.3) is 0 Å². The lowest BCUT2D eigenvalue weighted by atomic mass is 9.91. The summed E-state index contributed by atoms with van der Waals surface area (Å²) in [5.41, 5.74) is 1.79. The second kappa shape index (κ2) is 5.12. The topological polar surface area (TPSA) is 26.3 Å². The van der Waals surface area contributed by atoms with Crippen LogP contribution in [0, 0.1) is 0 Å². The molecule has 1 aliphatic rings. The van der Waals surface area contributed by atoms with E-state index in [0.717, 1.165) is 12.0 Å². The van der Waals surface area contributed by atoms with Gasteiger partial charge in [0.1, 0.15) is 5.41 Å². The lowest BCUT2D eigenvalue weighted by Crippen LogP contribution is -2.25. The lowest BCUT2D eigenvalue weighted by molar-refractivity contribution is -0.146. The first-order chi connectivity index (χ1) is 9.79. The monoisotopic (exact) mass is 266 g/mol. The molecule has 1 fully saturated rings. The van der Waals surface area contributed by atoms with Crippen LogP contribution in [0.1, 0.15) is 30.4 Å². The van der Waals surface area contributed by atoms with Crippen LogP contribution in [0.3, 0.4) is 0 Å². The zero-order valence-corrected chi connectivity index (χ0v) is 11.6. The highest BCUT2D eigenvalue weighted by Crippen LogP contribution is 2.61. The fraction of sp³-hybridized carbons (Fsp3) is 0.278. The first kappa shape index (κ1) is 12.9. The van der Waals surface area contributed by atoms with Gasteiger partial charge in [-0.1, -0.05) is 60.7 Å². The number of rotatable bonds is 4. The molecule has 0 saturated heterocycles. The van der Waals surface area contributed by atoms with Gasteiger partial charge in [-0.15, -0.1) is 0 Å². The van der Waals surface area contributed by atoms with E-state index in [1.54, 1.807) is 0 Å². The minimum Gasteiger partial charge on any atom is -0.465 e. The Balaban J connectivity index is 1.98. The van der Waals surface area contributed by atoms with Gasteiger partial charge >= 0.3 is 5.97 Å². The van der Waals surface area contributed by atoms with E-state index in [4.69, 9.17) is 4.74 Å². The fourth-order valence-electron chi connectivity index (χ4n) is 3.01. The summed E-state index contributed by atoms with van der Waals surface area (Å²) in [5, 5.41) is 0. The molecule has 20 heavy (non-hydrogen) atoms. The number of ether oxygens (including phenoxy) is 1. The first-order valence-corrected chi connectivity index (χ1v) is 7.06. The van der Waals surface area contributed by atoms with E-state index in [2.05, 4.69) is 12.1 Å². The third-order valence-electron chi connectivity index (χ3n) is 4.09. The maximum atomic E-state index is 12.5. The number of carbonyl (C=O) groups is 1. The summed E-state index contributed by atoms with van der Waals surface area (Å²) in [6.07, 6.45) is 0.833. The van der Waals surface area contributed by atoms with E-state index in [9.17, 15) is 4.79 Å². The Morgan fingerprint density at radius 1 is 1.10 bits per heavy atom. The van der Waals surface area contributed by atoms with Crippen molar-refractivity contribution < 1.29 is 9.53 Å². The molecule has 102 valence electrons. The van der Waals surface area contributed by atoms with Crippen LogP contribution < -0.4 is 0 Å². The molecule has 2 nitrogen and oxygen atoms in total. The maximum Gasteiger partial charge on any atom is 0.317 e. The number of hydrogen-bond donors (Lipinski definition) is 0. The predicted molar refractivity (Wildman–Crippen MR) is 78.6 cm³/mol. The average Bonchev–Trinajstić information content (AvgIpc) is 3.26. The van der Waals surface area contributed by atoms with Gasteiger partial charge in [-0.25, -0.2) is 0 Å². The lowest BCUT2D eigenvalue weighted by Gasteiger charge is -2.16. The smallest absolute Gasteiger partial charge is 0.317 e. The molecule has 2 aromatic carbocycles. The molecule has 0 aromatic heterocycles. The molecule has 1 aliphatic carbocycles. The van der Waals surface area contributed by atoms with Crippen molar-refractivity contribution >= 4 is 5.97 Å². The van der Waals surface area contributed by atoms with Gasteiger partial charge in [-0.2, -0.15) is 0 Å². The van der Waals surface area contributed by atoms with Gasteiger partial charge in [0.05, 0.1) is 6.61 Å². The summed E-state index contributed by atoms with van der Waals surface area (Å²) in [7, 11) is 0. The molecule has 2 heteroatoms. The maximum absolute atomic E-state index is 12.5. The van der Waals surface area contributed by atoms with Crippen molar-refractivity contribution in [2.75, 3.05) is 6.61 Å². The van der Waals surface area contributed by atoms with Crippen molar-refractivity contribution in [1.29, 1.82) is 0 Å². The molecule has 0 bridgehead atoms. The summed E-state index contributed by atoms with van der Waals surface area (Å²) >= 11 is 0. The van der Waals surface area contributed by atoms with E-state index < -0.39 is 5.41 Å². The molecule has 0 aliphatic heterocycles. The van der Waals surface area contributed by atoms with Crippen LogP contribution in [0.5, 0.6) is 0 Å². The zero-order valence-electron chi connectivity index (χ0n) is 11.6. The molecule has 0 amide bonds. The molecule has 0 spiro atoms. The van der Waals surface area contributed by atoms with Gasteiger partial charge in [-0.05, 0) is 24.5 Å². The minimum absolute atomic E-state index is 0.0972. The second-order valence-electron chi connectivity index (χ2n) is 5.23. The Labute approximate surface area is 119 Å². The van der Waals surface area contributed by atoms with Gasteiger partial charge < -0.3 is 4.74 Å². The summed E-state index contributed by atoms with van der Waals surface area (Å²) in [6.45, 7) is 2.28. The normalized spacial score (nSPS) is 24.1. The largest absolute Gasteiger partial charge is 0.465 e. The molecule has 1 saturated carbocycles. The van der Waals surface area contributed by atoms with Crippen LogP contribution in [-0.2, 0) is 14.9 Å². The van der Waals surface area contributed by atoms with E-state index in [-0.39, 0.29) is 11.9 Å². The van der Waals surface area contributed by atoms with Crippen LogP contribution in [0.2, 0.25) is 0 Å². The zero-order chi connectivity index (χ0) is 14.0. The van der Waals surface area contributed by atoms with Crippen LogP contribution in [0.15, 0.2) is 60.7 Å². The Hall–Kier alpha value is -2.09. The highest BCUT2D eigenvalue weighted by Gasteiger charge is 2.62. The van der Waals surface area contributed by atoms with Crippen molar-refractivity contribution in [3.05, 3.63) is 71.8 Å². The van der Waals surface area contributed by atoms with Crippen LogP contribution in [0.4, 0.5) is 0 Å². The third-order valence-corrected chi connectivity index (χ3v) is 4.09. The Bertz CT molecular complexity index is 591. The van der Waals surface area contributed by atoms with Crippen LogP contribution in [-0.4, -0.2) is 12.6 Å². The van der Waals surface area contributed by atoms with E-state index in [1.165, 1.54) is 5.56 Å². The Morgan fingerprint density at radius 3 is 2.30 bits per heavy atom. The predicted octanol–water partition coefficient (Wildman–Crippen LogP) is 3.68. The van der Waals surface area contributed by atoms with Crippen molar-refractivity contribution in [3.63, 3.8) is 0 Å². The van der Waals surface area contributed by atoms with Gasteiger partial charge in [0.15, 0.2) is 0 Å². The molecule has 1 unspecified atom stereocenters. The van der Waals surface area contributed by atoms with E-state index >= 15 is 0 Å². The number of benzene rings is 2. The first-order valence-electron chi connectivity index (χ1n) is 7.06. The molecule has 0 radical (unpaired) electrons. The summed E-state index contributed by atoms with van der Waals surface area (Å²) < 4.78 is 5.34. The third kappa shape index (κ3) is 2.01. The highest BCUT2D eigenvalue weighted by atomic mass is 16.5. The van der Waals surface area contributed by atoms with Crippen LogP contribution >= 0.6 is 0 Å². The van der Waals surface area contributed by atoms with Crippen LogP contribution in [0.25, 0.3) is 0 Å². The van der Waals surface area contributed by atoms with Crippen molar-refractivity contribution in [2.45, 2.75) is 24.7 Å². The second-order valence-corrected chi connectivity index (χ2v) is 5.23. The molecule has 0 heterocycles. The quantitative estimate of drug-likeness (QED) is 0.789. The summed E-state index contributed by atoms with van der Waals surface area (Å²) in [6, 6.07) is 20.2. The number of carbonyl (C=O) groups excluding carboxylic acids is 1. The SMILES string of the molecule is CCOC(=O)[C@]1(c2ccccc2)CC1c1ccccc1. The Morgan fingerprint density at radius 2 is 1.70 bits per heavy atom. The number of esters is 1. The molecule has 3 rings (SSSR count). The average molecular weight is 266 g/mol. The molecule has 2 aromatic rings. The van der Waals surface area contributed by atoms with Gasteiger partial charge in [0.2, 0.25) is 0 Å². The van der Waals surface area contributed by atoms with Crippen molar-refractivity contribution in [1.82, 2.24) is 0 Å². The van der Waals surface area contributed by atoms with Gasteiger partial charge in [0, 0.05) is 5.92 Å².